The summed E-state index contributed by atoms with van der Waals surface area (Å²) in [5.74, 6) is 0.0220. The SMILES string of the molecule is Cc1ccc(Nc2cc(-c3cccc(OC(F)(F)F)c3)nc(NC3CC3)n2)cc1F. The van der Waals surface area contributed by atoms with Crippen LogP contribution in [0.2, 0.25) is 0 Å². The predicted octanol–water partition coefficient (Wildman–Crippen LogP) is 5.81. The lowest BCUT2D eigenvalue weighted by atomic mass is 10.1. The Bertz CT molecular complexity index is 1070. The van der Waals surface area contributed by atoms with E-state index < -0.39 is 6.36 Å². The number of nitrogens with one attached hydrogen (secondary N) is 2. The van der Waals surface area contributed by atoms with E-state index in [1.54, 1.807) is 31.2 Å². The van der Waals surface area contributed by atoms with Crippen LogP contribution in [0.4, 0.5) is 35.0 Å². The molecule has 30 heavy (non-hydrogen) atoms. The van der Waals surface area contributed by atoms with Crippen LogP contribution in [-0.2, 0) is 0 Å². The highest BCUT2D eigenvalue weighted by Crippen LogP contribution is 2.31. The van der Waals surface area contributed by atoms with Gasteiger partial charge < -0.3 is 15.4 Å². The van der Waals surface area contributed by atoms with Gasteiger partial charge in [-0.25, -0.2) is 9.37 Å². The molecule has 0 aliphatic heterocycles. The van der Waals surface area contributed by atoms with Gasteiger partial charge in [0.25, 0.3) is 0 Å². The Labute approximate surface area is 170 Å². The van der Waals surface area contributed by atoms with Crippen molar-refractivity contribution in [3.8, 4) is 17.0 Å². The number of aromatic nitrogens is 2. The molecule has 0 saturated heterocycles. The first-order valence-electron chi connectivity index (χ1n) is 9.30. The summed E-state index contributed by atoms with van der Waals surface area (Å²) in [6.45, 7) is 1.66. The Morgan fingerprint density at radius 2 is 1.83 bits per heavy atom. The monoisotopic (exact) mass is 418 g/mol. The highest BCUT2D eigenvalue weighted by molar-refractivity contribution is 5.68. The molecule has 2 aromatic carbocycles. The number of benzene rings is 2. The second kappa shape index (κ2) is 7.81. The van der Waals surface area contributed by atoms with Gasteiger partial charge in [0.1, 0.15) is 17.4 Å². The van der Waals surface area contributed by atoms with Gasteiger partial charge in [0.05, 0.1) is 5.69 Å². The van der Waals surface area contributed by atoms with Gasteiger partial charge in [0, 0.05) is 23.4 Å². The second-order valence-corrected chi connectivity index (χ2v) is 7.05. The molecule has 9 heteroatoms. The molecule has 0 radical (unpaired) electrons. The van der Waals surface area contributed by atoms with Crippen molar-refractivity contribution in [3.05, 3.63) is 59.9 Å². The van der Waals surface area contributed by atoms with Crippen LogP contribution in [0.5, 0.6) is 5.75 Å². The van der Waals surface area contributed by atoms with Crippen LogP contribution >= 0.6 is 0 Å². The third-order valence-corrected chi connectivity index (χ3v) is 4.44. The summed E-state index contributed by atoms with van der Waals surface area (Å²) in [5, 5.41) is 6.20. The molecule has 3 aromatic rings. The molecule has 2 N–H and O–H groups in total. The molecule has 0 bridgehead atoms. The Morgan fingerprint density at radius 1 is 1.03 bits per heavy atom. The van der Waals surface area contributed by atoms with Crippen molar-refractivity contribution < 1.29 is 22.3 Å². The quantitative estimate of drug-likeness (QED) is 0.495. The number of rotatable bonds is 6. The third-order valence-electron chi connectivity index (χ3n) is 4.44. The van der Waals surface area contributed by atoms with Gasteiger partial charge in [-0.2, -0.15) is 4.98 Å². The maximum absolute atomic E-state index is 13.9. The van der Waals surface area contributed by atoms with Crippen molar-refractivity contribution in [3.63, 3.8) is 0 Å². The molecule has 0 amide bonds. The van der Waals surface area contributed by atoms with E-state index in [2.05, 4.69) is 25.3 Å². The second-order valence-electron chi connectivity index (χ2n) is 7.05. The minimum Gasteiger partial charge on any atom is -0.406 e. The van der Waals surface area contributed by atoms with E-state index >= 15 is 0 Å². The number of halogens is 4. The molecule has 156 valence electrons. The third kappa shape index (κ3) is 5.16. The Morgan fingerprint density at radius 3 is 2.53 bits per heavy atom. The van der Waals surface area contributed by atoms with Crippen molar-refractivity contribution in [2.75, 3.05) is 10.6 Å². The first-order chi connectivity index (χ1) is 14.2. The number of alkyl halides is 3. The van der Waals surface area contributed by atoms with E-state index in [0.29, 0.717) is 34.3 Å². The zero-order chi connectivity index (χ0) is 21.3. The summed E-state index contributed by atoms with van der Waals surface area (Å²) < 4.78 is 55.6. The van der Waals surface area contributed by atoms with Crippen molar-refractivity contribution in [1.82, 2.24) is 9.97 Å². The average molecular weight is 418 g/mol. The van der Waals surface area contributed by atoms with Gasteiger partial charge in [-0.1, -0.05) is 18.2 Å². The van der Waals surface area contributed by atoms with Crippen LogP contribution in [0.25, 0.3) is 11.3 Å². The Hall–Kier alpha value is -3.36. The fourth-order valence-electron chi connectivity index (χ4n) is 2.80. The van der Waals surface area contributed by atoms with Gasteiger partial charge in [-0.05, 0) is 49.6 Å². The smallest absolute Gasteiger partial charge is 0.406 e. The highest BCUT2D eigenvalue weighted by atomic mass is 19.4. The van der Waals surface area contributed by atoms with Crippen LogP contribution in [-0.4, -0.2) is 22.4 Å². The van der Waals surface area contributed by atoms with E-state index in [-0.39, 0.29) is 17.6 Å². The molecule has 1 saturated carbocycles. The molecule has 0 spiro atoms. The average Bonchev–Trinajstić information content (AvgIpc) is 3.47. The first-order valence-corrected chi connectivity index (χ1v) is 9.30. The number of hydrogen-bond donors (Lipinski definition) is 2. The fourth-order valence-corrected chi connectivity index (χ4v) is 2.80. The van der Waals surface area contributed by atoms with Gasteiger partial charge in [0.15, 0.2) is 0 Å². The zero-order valence-electron chi connectivity index (χ0n) is 15.9. The standard InChI is InChI=1S/C21H18F4N4O/c1-12-5-6-15(10-17(12)22)26-19-11-18(28-20(29-19)27-14-7-8-14)13-3-2-4-16(9-13)30-21(23,24)25/h2-6,9-11,14H,7-8H2,1H3,(H2,26,27,28,29). The number of hydrogen-bond acceptors (Lipinski definition) is 5. The van der Waals surface area contributed by atoms with Crippen molar-refractivity contribution in [2.45, 2.75) is 32.2 Å². The van der Waals surface area contributed by atoms with Crippen molar-refractivity contribution in [2.24, 2.45) is 0 Å². The van der Waals surface area contributed by atoms with E-state index in [9.17, 15) is 17.6 Å². The first kappa shape index (κ1) is 19.9. The summed E-state index contributed by atoms with van der Waals surface area (Å²) in [7, 11) is 0. The van der Waals surface area contributed by atoms with Crippen LogP contribution in [0.3, 0.4) is 0 Å². The summed E-state index contributed by atoms with van der Waals surface area (Å²) in [5.41, 5.74) is 1.84. The van der Waals surface area contributed by atoms with E-state index in [0.717, 1.165) is 12.8 Å². The lowest BCUT2D eigenvalue weighted by molar-refractivity contribution is -0.274. The number of nitrogens with zero attached hydrogens (tertiary/aromatic N) is 2. The summed E-state index contributed by atoms with van der Waals surface area (Å²) in [6, 6.07) is 12.1. The lowest BCUT2D eigenvalue weighted by Gasteiger charge is -2.13. The molecule has 0 unspecified atom stereocenters. The molecular formula is C21H18F4N4O. The van der Waals surface area contributed by atoms with Crippen molar-refractivity contribution >= 4 is 17.5 Å². The van der Waals surface area contributed by atoms with Crippen molar-refractivity contribution in [1.29, 1.82) is 0 Å². The normalized spacial score (nSPS) is 13.8. The summed E-state index contributed by atoms with van der Waals surface area (Å²) in [6.07, 6.45) is -2.80. The van der Waals surface area contributed by atoms with Crippen LogP contribution in [0.15, 0.2) is 48.5 Å². The minimum absolute atomic E-state index is 0.268. The molecule has 1 heterocycles. The van der Waals surface area contributed by atoms with Crippen LogP contribution in [0.1, 0.15) is 18.4 Å². The molecule has 1 aliphatic carbocycles. The molecule has 1 aromatic heterocycles. The Kier molecular flexibility index (Phi) is 5.19. The van der Waals surface area contributed by atoms with Gasteiger partial charge >= 0.3 is 6.36 Å². The van der Waals surface area contributed by atoms with Gasteiger partial charge in [-0.3, -0.25) is 0 Å². The summed E-state index contributed by atoms with van der Waals surface area (Å²) in [4.78, 5) is 8.82. The predicted molar refractivity (Wildman–Crippen MR) is 105 cm³/mol. The summed E-state index contributed by atoms with van der Waals surface area (Å²) >= 11 is 0. The highest BCUT2D eigenvalue weighted by Gasteiger charge is 2.31. The topological polar surface area (TPSA) is 59.1 Å². The number of anilines is 3. The van der Waals surface area contributed by atoms with Gasteiger partial charge in [-0.15, -0.1) is 13.2 Å². The van der Waals surface area contributed by atoms with E-state index in [1.807, 2.05) is 0 Å². The largest absolute Gasteiger partial charge is 0.573 e. The maximum atomic E-state index is 13.9. The minimum atomic E-state index is -4.79. The van der Waals surface area contributed by atoms with E-state index in [4.69, 9.17) is 0 Å². The molecule has 4 rings (SSSR count). The van der Waals surface area contributed by atoms with Gasteiger partial charge in [0.2, 0.25) is 5.95 Å². The number of aryl methyl sites for hydroxylation is 1. The van der Waals surface area contributed by atoms with Crippen LogP contribution in [0, 0.1) is 12.7 Å². The Balaban J connectivity index is 1.67. The molecule has 1 aliphatic rings. The fraction of sp³-hybridized carbons (Fsp3) is 0.238. The maximum Gasteiger partial charge on any atom is 0.573 e. The van der Waals surface area contributed by atoms with E-state index in [1.165, 1.54) is 24.3 Å². The van der Waals surface area contributed by atoms with Crippen LogP contribution < -0.4 is 15.4 Å². The lowest BCUT2D eigenvalue weighted by Crippen LogP contribution is -2.17. The zero-order valence-corrected chi connectivity index (χ0v) is 15.9. The number of ether oxygens (including phenoxy) is 1. The molecule has 5 nitrogen and oxygen atoms in total. The molecular weight excluding hydrogens is 400 g/mol. The molecule has 0 atom stereocenters. The molecule has 1 fully saturated rings.